The predicted octanol–water partition coefficient (Wildman–Crippen LogP) is 1.86. The van der Waals surface area contributed by atoms with Crippen LogP contribution in [0.25, 0.3) is 0 Å². The normalized spacial score (nSPS) is 11.4. The Morgan fingerprint density at radius 3 is 1.50 bits per heavy atom. The fourth-order valence-electron chi connectivity index (χ4n) is 0.596. The van der Waals surface area contributed by atoms with E-state index in [4.69, 9.17) is 28.4 Å². The molecule has 7 nitrogen and oxygen atoms in total. The Morgan fingerprint density at radius 1 is 0.875 bits per heavy atom. The van der Waals surface area contributed by atoms with Crippen LogP contribution in [0.15, 0.2) is 12.8 Å². The molecule has 8 heteroatoms. The van der Waals surface area contributed by atoms with Crippen molar-refractivity contribution in [2.75, 3.05) is 19.8 Å². The Morgan fingerprint density at radius 2 is 1.25 bits per heavy atom. The van der Waals surface area contributed by atoms with E-state index < -0.39 is 18.1 Å². The molecule has 16 heavy (non-hydrogen) atoms. The molecule has 0 amide bonds. The van der Waals surface area contributed by atoms with Gasteiger partial charge in [-0.2, -0.15) is 0 Å². The summed E-state index contributed by atoms with van der Waals surface area (Å²) in [6, 6.07) is 0. The van der Waals surface area contributed by atoms with Gasteiger partial charge >= 0.3 is 100.0 Å². The zero-order valence-corrected chi connectivity index (χ0v) is 11.3. The first-order valence-corrected chi connectivity index (χ1v) is 7.50. The van der Waals surface area contributed by atoms with Crippen LogP contribution in [0.5, 0.6) is 0 Å². The maximum absolute atomic E-state index is 5.05. The molecule has 0 unspecified atom stereocenters. The first-order valence-electron chi connectivity index (χ1n) is 4.95. The molecule has 96 valence electrons. The summed E-state index contributed by atoms with van der Waals surface area (Å²) in [7, 11) is 0. The molecule has 0 atom stereocenters. The molecule has 0 aromatic heterocycles. The van der Waals surface area contributed by atoms with Crippen LogP contribution in [0.3, 0.4) is 0 Å². The molecule has 0 N–H and O–H groups in total. The van der Waals surface area contributed by atoms with Gasteiger partial charge in [-0.1, -0.05) is 0 Å². The molecule has 0 radical (unpaired) electrons. The van der Waals surface area contributed by atoms with Crippen molar-refractivity contribution in [3.63, 3.8) is 0 Å². The summed E-state index contributed by atoms with van der Waals surface area (Å²) in [4.78, 5) is 14.2. The third-order valence-corrected chi connectivity index (χ3v) is 3.28. The molecule has 0 bridgehead atoms. The van der Waals surface area contributed by atoms with E-state index in [0.717, 1.165) is 6.26 Å². The second kappa shape index (κ2) is 10.2. The molecule has 0 aromatic carbocycles. The number of hydrogen-bond donors (Lipinski definition) is 0. The Hall–Kier alpha value is 0.0143. The summed E-state index contributed by atoms with van der Waals surface area (Å²) in [5.74, 6) is 0. The molecule has 0 aliphatic heterocycles. The quantitative estimate of drug-likeness (QED) is 0.246. The van der Waals surface area contributed by atoms with Crippen LogP contribution in [-0.2, 0) is 46.5 Å². The Kier molecular flexibility index (Phi) is 10.2. The van der Waals surface area contributed by atoms with E-state index >= 15 is 0 Å². The van der Waals surface area contributed by atoms with Crippen LogP contribution in [0, 0.1) is 0 Å². The Labute approximate surface area is 100 Å². The standard InChI is InChI=1S/3C2H6O2.C2H4O.Ti/c3*1-2-4-3;1-2-3;/h3*3H,2H2,1H3;2-3H,1H2;/q;;;;+4/p-4. The van der Waals surface area contributed by atoms with Crippen molar-refractivity contribution < 1.29 is 46.5 Å². The molecule has 0 saturated heterocycles. The Balaban J connectivity index is 4.37. The third-order valence-electron chi connectivity index (χ3n) is 1.06. The van der Waals surface area contributed by atoms with Crippen LogP contribution >= 0.6 is 0 Å². The minimum atomic E-state index is -4.19. The molecule has 0 aliphatic carbocycles. The van der Waals surface area contributed by atoms with Gasteiger partial charge in [0.25, 0.3) is 0 Å². The van der Waals surface area contributed by atoms with Crippen molar-refractivity contribution in [1.29, 1.82) is 0 Å². The molecule has 0 spiro atoms. The van der Waals surface area contributed by atoms with Gasteiger partial charge in [-0.05, 0) is 0 Å². The summed E-state index contributed by atoms with van der Waals surface area (Å²) < 4.78 is 19.8. The van der Waals surface area contributed by atoms with E-state index in [1.807, 2.05) is 0 Å². The van der Waals surface area contributed by atoms with Gasteiger partial charge in [0.2, 0.25) is 0 Å². The van der Waals surface area contributed by atoms with E-state index in [-0.39, 0.29) is 0 Å². The van der Waals surface area contributed by atoms with Crippen molar-refractivity contribution in [3.05, 3.63) is 12.8 Å². The van der Waals surface area contributed by atoms with E-state index in [2.05, 4.69) is 6.58 Å². The van der Waals surface area contributed by atoms with Crippen LogP contribution in [0.1, 0.15) is 20.8 Å². The Bertz CT molecular complexity index is 156. The summed E-state index contributed by atoms with van der Waals surface area (Å²) >= 11 is -4.19. The molecular formula is C8H18O7Ti. The topological polar surface area (TPSA) is 64.6 Å². The van der Waals surface area contributed by atoms with Crippen molar-refractivity contribution in [2.45, 2.75) is 20.8 Å². The van der Waals surface area contributed by atoms with E-state index in [9.17, 15) is 0 Å². The predicted molar refractivity (Wildman–Crippen MR) is 49.4 cm³/mol. The molecule has 0 aromatic rings. The zero-order valence-electron chi connectivity index (χ0n) is 9.76. The van der Waals surface area contributed by atoms with Crippen LogP contribution in [0.4, 0.5) is 0 Å². The van der Waals surface area contributed by atoms with Crippen molar-refractivity contribution in [2.24, 2.45) is 0 Å². The summed E-state index contributed by atoms with van der Waals surface area (Å²) in [6.45, 7) is 9.51. The van der Waals surface area contributed by atoms with Crippen molar-refractivity contribution >= 4 is 0 Å². The number of hydrogen-bond acceptors (Lipinski definition) is 7. The molecular weight excluding hydrogens is 256 g/mol. The molecule has 0 rings (SSSR count). The summed E-state index contributed by atoms with van der Waals surface area (Å²) in [5, 5.41) is 0. The zero-order chi connectivity index (χ0) is 12.3. The van der Waals surface area contributed by atoms with Crippen LogP contribution in [-0.4, -0.2) is 19.8 Å². The summed E-state index contributed by atoms with van der Waals surface area (Å²) in [6.07, 6.45) is 1.12. The maximum atomic E-state index is 5.05. The van der Waals surface area contributed by atoms with E-state index in [1.54, 1.807) is 20.8 Å². The average Bonchev–Trinajstić information content (AvgIpc) is 2.31. The monoisotopic (exact) mass is 274 g/mol. The van der Waals surface area contributed by atoms with Gasteiger partial charge in [0.05, 0.1) is 0 Å². The van der Waals surface area contributed by atoms with Crippen molar-refractivity contribution in [1.82, 2.24) is 0 Å². The van der Waals surface area contributed by atoms with Crippen LogP contribution < -0.4 is 0 Å². The molecule has 0 heterocycles. The first-order chi connectivity index (χ1) is 7.74. The fourth-order valence-corrected chi connectivity index (χ4v) is 2.46. The molecule has 0 saturated carbocycles. The van der Waals surface area contributed by atoms with Crippen LogP contribution in [0.2, 0.25) is 0 Å². The van der Waals surface area contributed by atoms with E-state index in [1.165, 1.54) is 0 Å². The van der Waals surface area contributed by atoms with Gasteiger partial charge in [-0.3, -0.25) is 0 Å². The van der Waals surface area contributed by atoms with Gasteiger partial charge in [-0.15, -0.1) is 0 Å². The average molecular weight is 274 g/mol. The van der Waals surface area contributed by atoms with E-state index in [0.29, 0.717) is 19.8 Å². The second-order valence-corrected chi connectivity index (χ2v) is 4.96. The second-order valence-electron chi connectivity index (χ2n) is 2.25. The van der Waals surface area contributed by atoms with Gasteiger partial charge < -0.3 is 0 Å². The third kappa shape index (κ3) is 6.57. The molecule has 0 fully saturated rings. The first kappa shape index (κ1) is 16.0. The van der Waals surface area contributed by atoms with Gasteiger partial charge in [0.15, 0.2) is 0 Å². The van der Waals surface area contributed by atoms with Crippen molar-refractivity contribution in [3.8, 4) is 0 Å². The van der Waals surface area contributed by atoms with Gasteiger partial charge in [-0.25, -0.2) is 0 Å². The number of rotatable bonds is 11. The minimum absolute atomic E-state index is 0.304. The van der Waals surface area contributed by atoms with Gasteiger partial charge in [0.1, 0.15) is 0 Å². The summed E-state index contributed by atoms with van der Waals surface area (Å²) in [5.41, 5.74) is 0. The van der Waals surface area contributed by atoms with Gasteiger partial charge in [0, 0.05) is 0 Å². The SMILES string of the molecule is C=C[O][Ti]([O]OCC)([O]OCC)[O]OCC. The fraction of sp³-hybridized carbons (Fsp3) is 0.750. The molecule has 0 aliphatic rings.